The smallest absolute Gasteiger partial charge is 0.242 e. The van der Waals surface area contributed by atoms with Crippen molar-refractivity contribution in [1.29, 1.82) is 0 Å². The molecule has 3 aromatic carbocycles. The van der Waals surface area contributed by atoms with Crippen LogP contribution in [0.2, 0.25) is 10.0 Å². The molecule has 296 valence electrons. The zero-order chi connectivity index (χ0) is 40.9. The van der Waals surface area contributed by atoms with Gasteiger partial charge in [0.15, 0.2) is 11.5 Å². The number of nitrogens with zero attached hydrogens (tertiary/aromatic N) is 4. The lowest BCUT2D eigenvalue weighted by atomic mass is 9.52. The molecule has 58 heavy (non-hydrogen) atoms. The number of phenols is 1. The zero-order valence-electron chi connectivity index (χ0n) is 32.2. The van der Waals surface area contributed by atoms with Crippen LogP contribution in [0.3, 0.4) is 0 Å². The topological polar surface area (TPSA) is 131 Å². The van der Waals surface area contributed by atoms with Crippen molar-refractivity contribution in [2.24, 2.45) is 42.1 Å². The van der Waals surface area contributed by atoms with Gasteiger partial charge in [-0.15, -0.1) is 11.3 Å². The number of halogens is 2. The van der Waals surface area contributed by atoms with E-state index in [1.807, 2.05) is 50.3 Å². The number of carbonyl (C=O) groups excluding carboxylic acids is 4. The molecule has 9 rings (SSSR count). The molecule has 6 atom stereocenters. The molecule has 0 bridgehead atoms. The molecule has 2 aliphatic heterocycles. The minimum atomic E-state index is -1.27. The number of aryl methyl sites for hydroxylation is 2. The first-order valence-electron chi connectivity index (χ1n) is 18.8. The molecular weight excluding hydrogens is 799 g/mol. The Labute approximate surface area is 348 Å². The maximum atomic E-state index is 15.1. The number of phenolic OH excluding ortho intramolecular Hbond substituents is 1. The molecule has 0 spiro atoms. The summed E-state index contributed by atoms with van der Waals surface area (Å²) in [5.74, 6) is -4.18. The van der Waals surface area contributed by atoms with Crippen LogP contribution in [0.5, 0.6) is 17.2 Å². The van der Waals surface area contributed by atoms with Gasteiger partial charge in [0.1, 0.15) is 11.5 Å². The van der Waals surface area contributed by atoms with Gasteiger partial charge in [0.2, 0.25) is 29.4 Å². The predicted molar refractivity (Wildman–Crippen MR) is 223 cm³/mol. The van der Waals surface area contributed by atoms with Crippen LogP contribution in [0, 0.1) is 41.9 Å². The van der Waals surface area contributed by atoms with E-state index >= 15 is 4.79 Å². The summed E-state index contributed by atoms with van der Waals surface area (Å²) in [7, 11) is 4.59. The molecular formula is C44H38Cl2N4O7S. The summed E-state index contributed by atoms with van der Waals surface area (Å²) in [4.78, 5) is 61.9. The van der Waals surface area contributed by atoms with Gasteiger partial charge in [-0.1, -0.05) is 47.0 Å². The van der Waals surface area contributed by atoms with E-state index in [9.17, 15) is 19.5 Å². The second kappa shape index (κ2) is 13.9. The lowest BCUT2D eigenvalue weighted by Gasteiger charge is -2.47. The monoisotopic (exact) mass is 836 g/mol. The number of hydrogen-bond donors (Lipinski definition) is 1. The van der Waals surface area contributed by atoms with Crippen LogP contribution in [0.1, 0.15) is 30.9 Å². The second-order valence-electron chi connectivity index (χ2n) is 15.5. The van der Waals surface area contributed by atoms with E-state index in [-0.39, 0.29) is 47.3 Å². The summed E-state index contributed by atoms with van der Waals surface area (Å²) in [6.45, 7) is 3.83. The number of carbonyl (C=O) groups is 4. The van der Waals surface area contributed by atoms with Crippen molar-refractivity contribution in [2.75, 3.05) is 24.0 Å². The SMILES string of the molecule is COc1cc(C=C[C@H]2C3=CC[C@@H]4C(=O)N(c5ccc(Cl)cc5)C(=O)[C@@H]4[C@@H]3C[C@H]3C(=O)N(c4cc(-c5sc6ccc(Cl)cc6c5C)nn4C)C(=O)[C@@]23C)cc(OC)c1O. The molecule has 1 saturated carbocycles. The number of allylic oxidation sites excluding steroid dienone is 3. The average molecular weight is 838 g/mol. The van der Waals surface area contributed by atoms with Gasteiger partial charge >= 0.3 is 0 Å². The fourth-order valence-electron chi connectivity index (χ4n) is 9.71. The van der Waals surface area contributed by atoms with Gasteiger partial charge in [0, 0.05) is 33.8 Å². The number of anilines is 2. The number of methoxy groups -OCH3 is 2. The minimum Gasteiger partial charge on any atom is -0.502 e. The molecule has 4 amide bonds. The molecule has 3 fully saturated rings. The molecule has 4 aliphatic rings. The molecule has 0 unspecified atom stereocenters. The number of imide groups is 2. The van der Waals surface area contributed by atoms with E-state index in [4.69, 9.17) is 37.8 Å². The average Bonchev–Trinajstić information content (AvgIpc) is 3.88. The standard InChI is InChI=1S/C44H38Cl2N4O7S/c1-21-28-18-24(46)9-15-35(28)58-39(21)32-20-36(48(3)47-32)50-41(53)31-19-29-26(12-13-27-37(29)42(54)49(40(27)52)25-10-7-23(45)8-11-25)30(44(31,2)43(50)55)14-6-22-16-33(56-4)38(51)34(17-22)57-5/h6-12,14-18,20,27,29-31,37,51H,13,19H2,1-5H3/t27-,29+,30-,31-,37-,44-/m0/s1. The van der Waals surface area contributed by atoms with Crippen LogP contribution in [-0.2, 0) is 26.2 Å². The molecule has 2 saturated heterocycles. The fourth-order valence-corrected chi connectivity index (χ4v) is 11.2. The van der Waals surface area contributed by atoms with Crippen molar-refractivity contribution in [2.45, 2.75) is 26.7 Å². The van der Waals surface area contributed by atoms with E-state index < -0.39 is 35.0 Å². The normalized spacial score (nSPS) is 25.4. The van der Waals surface area contributed by atoms with E-state index in [0.29, 0.717) is 39.2 Å². The minimum absolute atomic E-state index is 0.153. The van der Waals surface area contributed by atoms with Crippen LogP contribution in [-0.4, -0.2) is 52.7 Å². The van der Waals surface area contributed by atoms with Crippen LogP contribution in [0.15, 0.2) is 78.4 Å². The summed E-state index contributed by atoms with van der Waals surface area (Å²) in [5, 5.41) is 17.5. The number of thiophene rings is 1. The number of fused-ring (bicyclic) bond motifs is 5. The summed E-state index contributed by atoms with van der Waals surface area (Å²) in [6, 6.07) is 17.4. The maximum absolute atomic E-state index is 15.1. The van der Waals surface area contributed by atoms with Gasteiger partial charge < -0.3 is 14.6 Å². The Morgan fingerprint density at radius 2 is 1.59 bits per heavy atom. The van der Waals surface area contributed by atoms with Gasteiger partial charge in [0.25, 0.3) is 0 Å². The Morgan fingerprint density at radius 1 is 0.897 bits per heavy atom. The summed E-state index contributed by atoms with van der Waals surface area (Å²) >= 11 is 14.0. The van der Waals surface area contributed by atoms with Crippen molar-refractivity contribution in [3.63, 3.8) is 0 Å². The Balaban J connectivity index is 1.14. The third-order valence-electron chi connectivity index (χ3n) is 12.6. The Kier molecular flexibility index (Phi) is 9.10. The Hall–Kier alpha value is -5.43. The third kappa shape index (κ3) is 5.55. The highest BCUT2D eigenvalue weighted by molar-refractivity contribution is 7.22. The van der Waals surface area contributed by atoms with Crippen LogP contribution >= 0.6 is 34.5 Å². The summed E-state index contributed by atoms with van der Waals surface area (Å²) in [5.41, 5.74) is 2.23. The highest BCUT2D eigenvalue weighted by atomic mass is 35.5. The lowest BCUT2D eigenvalue weighted by Crippen LogP contribution is -2.49. The van der Waals surface area contributed by atoms with Gasteiger partial charge in [0.05, 0.1) is 48.0 Å². The molecule has 2 aliphatic carbocycles. The lowest BCUT2D eigenvalue weighted by molar-refractivity contribution is -0.132. The van der Waals surface area contributed by atoms with Crippen LogP contribution < -0.4 is 19.3 Å². The molecule has 0 radical (unpaired) electrons. The van der Waals surface area contributed by atoms with Crippen molar-refractivity contribution in [3.8, 4) is 27.8 Å². The van der Waals surface area contributed by atoms with Crippen molar-refractivity contribution in [3.05, 3.63) is 99.6 Å². The van der Waals surface area contributed by atoms with E-state index in [2.05, 4.69) is 0 Å². The van der Waals surface area contributed by atoms with Crippen molar-refractivity contribution < 1.29 is 33.8 Å². The molecule has 4 heterocycles. The number of hydrogen-bond acceptors (Lipinski definition) is 9. The molecule has 11 nitrogen and oxygen atoms in total. The molecule has 14 heteroatoms. The van der Waals surface area contributed by atoms with Crippen molar-refractivity contribution >= 4 is 85.8 Å². The quantitative estimate of drug-likeness (QED) is 0.127. The Bertz CT molecular complexity index is 2640. The predicted octanol–water partition coefficient (Wildman–Crippen LogP) is 8.62. The van der Waals surface area contributed by atoms with E-state index in [1.165, 1.54) is 24.0 Å². The molecule has 2 aromatic heterocycles. The molecule has 1 N–H and O–H groups in total. The highest BCUT2D eigenvalue weighted by Crippen LogP contribution is 2.61. The van der Waals surface area contributed by atoms with Crippen molar-refractivity contribution in [1.82, 2.24) is 9.78 Å². The largest absolute Gasteiger partial charge is 0.502 e. The first kappa shape index (κ1) is 38.1. The summed E-state index contributed by atoms with van der Waals surface area (Å²) in [6.07, 6.45) is 6.20. The number of aromatic hydroxyl groups is 1. The second-order valence-corrected chi connectivity index (χ2v) is 17.5. The zero-order valence-corrected chi connectivity index (χ0v) is 34.5. The van der Waals surface area contributed by atoms with E-state index in [1.54, 1.807) is 65.5 Å². The first-order valence-corrected chi connectivity index (χ1v) is 20.4. The number of amides is 4. The van der Waals surface area contributed by atoms with Gasteiger partial charge in [-0.25, -0.2) is 4.90 Å². The fraction of sp³-hybridized carbons (Fsp3) is 0.295. The highest BCUT2D eigenvalue weighted by Gasteiger charge is 2.67. The van der Waals surface area contributed by atoms with Gasteiger partial charge in [-0.3, -0.25) is 28.8 Å². The number of ether oxygens (including phenoxy) is 2. The van der Waals surface area contributed by atoms with Crippen LogP contribution in [0.25, 0.3) is 26.7 Å². The molecule has 5 aromatic rings. The number of aromatic nitrogens is 2. The van der Waals surface area contributed by atoms with Crippen LogP contribution in [0.4, 0.5) is 11.5 Å². The maximum Gasteiger partial charge on any atom is 0.242 e. The third-order valence-corrected chi connectivity index (χ3v) is 14.4. The van der Waals surface area contributed by atoms with Gasteiger partial charge in [-0.2, -0.15) is 5.10 Å². The van der Waals surface area contributed by atoms with E-state index in [0.717, 1.165) is 26.1 Å². The number of rotatable bonds is 7. The first-order chi connectivity index (χ1) is 27.8. The number of benzene rings is 3. The summed E-state index contributed by atoms with van der Waals surface area (Å²) < 4.78 is 13.4. The van der Waals surface area contributed by atoms with Gasteiger partial charge in [-0.05, 0) is 104 Å². The Morgan fingerprint density at radius 3 is 2.28 bits per heavy atom.